The second-order valence-electron chi connectivity index (χ2n) is 5.79. The van der Waals surface area contributed by atoms with Crippen LogP contribution in [-0.2, 0) is 14.3 Å². The van der Waals surface area contributed by atoms with Crippen LogP contribution in [0.1, 0.15) is 22.8 Å². The van der Waals surface area contributed by atoms with Crippen molar-refractivity contribution in [3.8, 4) is 5.75 Å². The van der Waals surface area contributed by atoms with Crippen LogP contribution < -0.4 is 15.8 Å². The Kier molecular flexibility index (Phi) is 7.41. The third kappa shape index (κ3) is 7.06. The summed E-state index contributed by atoms with van der Waals surface area (Å²) in [5.41, 5.74) is 6.39. The smallest absolute Gasteiger partial charge is 0.387 e. The Morgan fingerprint density at radius 3 is 2.21 bits per heavy atom. The third-order valence-corrected chi connectivity index (χ3v) is 3.62. The Balaban J connectivity index is 1.86. The molecule has 0 saturated carbocycles. The van der Waals surface area contributed by atoms with Gasteiger partial charge in [0.25, 0.3) is 5.91 Å². The summed E-state index contributed by atoms with van der Waals surface area (Å²) in [6, 6.07) is 11.5. The van der Waals surface area contributed by atoms with Gasteiger partial charge in [-0.3, -0.25) is 9.59 Å². The Morgan fingerprint density at radius 2 is 1.66 bits per heavy atom. The van der Waals surface area contributed by atoms with E-state index in [2.05, 4.69) is 10.1 Å². The zero-order valence-corrected chi connectivity index (χ0v) is 15.3. The van der Waals surface area contributed by atoms with Gasteiger partial charge in [-0.15, -0.1) is 0 Å². The van der Waals surface area contributed by atoms with Crippen molar-refractivity contribution in [3.05, 3.63) is 65.7 Å². The maximum atomic E-state index is 12.1. The number of esters is 1. The van der Waals surface area contributed by atoms with E-state index >= 15 is 0 Å². The Hall–Kier alpha value is -3.75. The normalized spacial score (nSPS) is 11.9. The number of halogens is 2. The van der Waals surface area contributed by atoms with Crippen molar-refractivity contribution < 1.29 is 32.6 Å². The van der Waals surface area contributed by atoms with Gasteiger partial charge in [0.05, 0.1) is 0 Å². The van der Waals surface area contributed by atoms with Crippen molar-refractivity contribution in [2.45, 2.75) is 19.6 Å². The number of carbonyl (C=O) groups is 3. The molecule has 0 saturated heterocycles. The molecule has 2 amide bonds. The van der Waals surface area contributed by atoms with Crippen molar-refractivity contribution in [2.24, 2.45) is 5.73 Å². The van der Waals surface area contributed by atoms with Gasteiger partial charge in [-0.05, 0) is 55.0 Å². The molecule has 7 nitrogen and oxygen atoms in total. The largest absolute Gasteiger partial charge is 0.449 e. The summed E-state index contributed by atoms with van der Waals surface area (Å²) in [5.74, 6) is -1.92. The van der Waals surface area contributed by atoms with Crippen molar-refractivity contribution in [2.75, 3.05) is 5.32 Å². The van der Waals surface area contributed by atoms with Gasteiger partial charge in [-0.25, -0.2) is 4.79 Å². The molecule has 0 radical (unpaired) electrons. The van der Waals surface area contributed by atoms with Gasteiger partial charge in [-0.2, -0.15) is 8.78 Å². The van der Waals surface area contributed by atoms with Crippen molar-refractivity contribution in [3.63, 3.8) is 0 Å². The topological polar surface area (TPSA) is 108 Å². The summed E-state index contributed by atoms with van der Waals surface area (Å²) in [4.78, 5) is 35.0. The van der Waals surface area contributed by atoms with E-state index in [0.717, 1.165) is 6.08 Å². The maximum Gasteiger partial charge on any atom is 0.387 e. The van der Waals surface area contributed by atoms with E-state index in [1.54, 1.807) is 0 Å². The minimum Gasteiger partial charge on any atom is -0.449 e. The number of rotatable bonds is 8. The molecule has 0 aromatic heterocycles. The number of ether oxygens (including phenoxy) is 2. The molecule has 2 aromatic rings. The molecule has 152 valence electrons. The first kappa shape index (κ1) is 21.5. The molecule has 2 rings (SSSR count). The molecule has 0 spiro atoms. The SMILES string of the molecule is C[C@H](OC(=O)/C=C/c1ccc(OC(F)F)cc1)C(=O)Nc1ccc(C(N)=O)cc1. The molecule has 0 fully saturated rings. The first-order valence-electron chi connectivity index (χ1n) is 8.39. The molecule has 9 heteroatoms. The zero-order chi connectivity index (χ0) is 21.4. The predicted molar refractivity (Wildman–Crippen MR) is 101 cm³/mol. The van der Waals surface area contributed by atoms with Crippen LogP contribution in [0.15, 0.2) is 54.6 Å². The highest BCUT2D eigenvalue weighted by Gasteiger charge is 2.16. The Bertz CT molecular complexity index is 896. The van der Waals surface area contributed by atoms with Crippen LogP contribution in [0.25, 0.3) is 6.08 Å². The molecule has 3 N–H and O–H groups in total. The lowest BCUT2D eigenvalue weighted by atomic mass is 10.2. The highest BCUT2D eigenvalue weighted by molar-refractivity contribution is 5.97. The molecule has 0 aliphatic heterocycles. The number of alkyl halides is 2. The van der Waals surface area contributed by atoms with Crippen molar-refractivity contribution >= 4 is 29.5 Å². The van der Waals surface area contributed by atoms with Gasteiger partial charge >= 0.3 is 12.6 Å². The van der Waals surface area contributed by atoms with Crippen molar-refractivity contribution in [1.29, 1.82) is 0 Å². The van der Waals surface area contributed by atoms with Gasteiger partial charge < -0.3 is 20.5 Å². The third-order valence-electron chi connectivity index (χ3n) is 3.62. The van der Waals surface area contributed by atoms with Crippen LogP contribution in [0.5, 0.6) is 5.75 Å². The molecule has 0 aliphatic carbocycles. The molecule has 29 heavy (non-hydrogen) atoms. The molecule has 2 aromatic carbocycles. The standard InChI is InChI=1S/C20H18F2N2O5/c1-12(19(27)24-15-7-5-14(6-8-15)18(23)26)28-17(25)11-4-13-2-9-16(10-3-13)29-20(21)22/h2-12,20H,1H3,(H2,23,26)(H,24,27)/b11-4+/t12-/m0/s1. The average molecular weight is 404 g/mol. The molecule has 1 atom stereocenters. The minimum absolute atomic E-state index is 0.00567. The van der Waals surface area contributed by atoms with Gasteiger partial charge in [0.2, 0.25) is 5.91 Å². The van der Waals surface area contributed by atoms with Crippen LogP contribution in [0, 0.1) is 0 Å². The van der Waals surface area contributed by atoms with Gasteiger partial charge in [0, 0.05) is 17.3 Å². The second kappa shape index (κ2) is 9.98. The molecular weight excluding hydrogens is 386 g/mol. The quantitative estimate of drug-likeness (QED) is 0.520. The van der Waals surface area contributed by atoms with Crippen LogP contribution in [0.4, 0.5) is 14.5 Å². The number of anilines is 1. The van der Waals surface area contributed by atoms with E-state index < -0.39 is 30.5 Å². The van der Waals surface area contributed by atoms with Gasteiger partial charge in [0.15, 0.2) is 6.10 Å². The number of amides is 2. The van der Waals surface area contributed by atoms with E-state index in [0.29, 0.717) is 16.8 Å². The number of hydrogen-bond acceptors (Lipinski definition) is 5. The average Bonchev–Trinajstić information content (AvgIpc) is 2.67. The number of nitrogens with one attached hydrogen (secondary N) is 1. The van der Waals surface area contributed by atoms with Crippen molar-refractivity contribution in [1.82, 2.24) is 0 Å². The summed E-state index contributed by atoms with van der Waals surface area (Å²) in [6.45, 7) is -1.52. The minimum atomic E-state index is -2.92. The number of nitrogens with two attached hydrogens (primary N) is 1. The summed E-state index contributed by atoms with van der Waals surface area (Å²) in [6.07, 6.45) is 1.43. The fourth-order valence-corrected chi connectivity index (χ4v) is 2.15. The Labute approximate surface area is 165 Å². The molecule has 0 heterocycles. The summed E-state index contributed by atoms with van der Waals surface area (Å²) >= 11 is 0. The molecule has 0 unspecified atom stereocenters. The van der Waals surface area contributed by atoms with E-state index in [-0.39, 0.29) is 5.75 Å². The highest BCUT2D eigenvalue weighted by atomic mass is 19.3. The van der Waals surface area contributed by atoms with Gasteiger partial charge in [-0.1, -0.05) is 12.1 Å². The maximum absolute atomic E-state index is 12.1. The number of benzene rings is 2. The molecule has 0 bridgehead atoms. The van der Waals surface area contributed by atoms with Crippen LogP contribution in [0.3, 0.4) is 0 Å². The van der Waals surface area contributed by atoms with Crippen LogP contribution >= 0.6 is 0 Å². The molecule has 0 aliphatic rings. The number of primary amides is 1. The fourth-order valence-electron chi connectivity index (χ4n) is 2.15. The number of hydrogen-bond donors (Lipinski definition) is 2. The fraction of sp³-hybridized carbons (Fsp3) is 0.150. The lowest BCUT2D eigenvalue weighted by Crippen LogP contribution is -2.29. The van der Waals surface area contributed by atoms with Crippen LogP contribution in [-0.4, -0.2) is 30.5 Å². The highest BCUT2D eigenvalue weighted by Crippen LogP contribution is 2.16. The van der Waals surface area contributed by atoms with E-state index in [1.807, 2.05) is 0 Å². The zero-order valence-electron chi connectivity index (χ0n) is 15.3. The monoisotopic (exact) mass is 404 g/mol. The summed E-state index contributed by atoms with van der Waals surface area (Å²) in [7, 11) is 0. The lowest BCUT2D eigenvalue weighted by Gasteiger charge is -2.12. The van der Waals surface area contributed by atoms with Gasteiger partial charge in [0.1, 0.15) is 5.75 Å². The summed E-state index contributed by atoms with van der Waals surface area (Å²) < 4.78 is 33.4. The van der Waals surface area contributed by atoms with E-state index in [1.165, 1.54) is 61.5 Å². The second-order valence-corrected chi connectivity index (χ2v) is 5.79. The van der Waals surface area contributed by atoms with E-state index in [9.17, 15) is 23.2 Å². The Morgan fingerprint density at radius 1 is 1.03 bits per heavy atom. The molecular formula is C20H18F2N2O5. The predicted octanol–water partition coefficient (Wildman–Crippen LogP) is 2.97. The lowest BCUT2D eigenvalue weighted by molar-refractivity contribution is -0.148. The first-order chi connectivity index (χ1) is 13.7. The number of carbonyl (C=O) groups excluding carboxylic acids is 3. The van der Waals surface area contributed by atoms with E-state index in [4.69, 9.17) is 10.5 Å². The van der Waals surface area contributed by atoms with Crippen LogP contribution in [0.2, 0.25) is 0 Å². The first-order valence-corrected chi connectivity index (χ1v) is 8.39. The summed E-state index contributed by atoms with van der Waals surface area (Å²) in [5, 5.41) is 2.54.